The Labute approximate surface area is 151 Å². The van der Waals surface area contributed by atoms with Crippen molar-refractivity contribution < 1.29 is 4.74 Å². The maximum absolute atomic E-state index is 11.9. The van der Waals surface area contributed by atoms with Gasteiger partial charge < -0.3 is 4.74 Å². The van der Waals surface area contributed by atoms with Crippen LogP contribution in [0.25, 0.3) is 17.2 Å². The molecule has 0 atom stereocenters. The number of pyridine rings is 1. The van der Waals surface area contributed by atoms with E-state index in [9.17, 15) is 4.79 Å². The summed E-state index contributed by atoms with van der Waals surface area (Å²) in [5.41, 5.74) is 6.45. The highest BCUT2D eigenvalue weighted by atomic mass is 16.5. The molecule has 0 saturated heterocycles. The fraction of sp³-hybridized carbons (Fsp3) is 0.190. The number of nitrogens with zero attached hydrogens (tertiary/aromatic N) is 2. The molecule has 1 N–H and O–H groups in total. The lowest BCUT2D eigenvalue weighted by Crippen LogP contribution is -2.14. The van der Waals surface area contributed by atoms with E-state index in [0.717, 1.165) is 45.7 Å². The second-order valence-corrected chi connectivity index (χ2v) is 6.51. The number of fused-ring (bicyclic) bond motifs is 1. The number of H-pyrrole nitrogens is 1. The average Bonchev–Trinajstić information content (AvgIpc) is 3.10. The van der Waals surface area contributed by atoms with Crippen LogP contribution in [0.15, 0.2) is 41.3 Å². The summed E-state index contributed by atoms with van der Waals surface area (Å²) in [5, 5.41) is 6.62. The lowest BCUT2D eigenvalue weighted by Gasteiger charge is -2.14. The Bertz CT molecular complexity index is 1100. The maximum Gasteiger partial charge on any atom is 0.267 e. The molecule has 5 nitrogen and oxygen atoms in total. The van der Waals surface area contributed by atoms with Gasteiger partial charge in [-0.1, -0.05) is 18.2 Å². The minimum atomic E-state index is -0.165. The number of hydrogen-bond donors (Lipinski definition) is 1. The van der Waals surface area contributed by atoms with Crippen LogP contribution in [0.5, 0.6) is 11.6 Å². The third kappa shape index (κ3) is 2.71. The van der Waals surface area contributed by atoms with Gasteiger partial charge in [-0.2, -0.15) is 5.10 Å². The molecule has 2 heterocycles. The second-order valence-electron chi connectivity index (χ2n) is 6.51. The van der Waals surface area contributed by atoms with Gasteiger partial charge in [0, 0.05) is 22.9 Å². The van der Waals surface area contributed by atoms with E-state index in [1.807, 2.05) is 45.0 Å². The zero-order valence-corrected chi connectivity index (χ0v) is 15.0. The van der Waals surface area contributed by atoms with Gasteiger partial charge in [-0.15, -0.1) is 0 Å². The summed E-state index contributed by atoms with van der Waals surface area (Å²) in [4.78, 5) is 16.3. The molecule has 0 saturated carbocycles. The molecule has 5 heteroatoms. The molecule has 0 aliphatic heterocycles. The van der Waals surface area contributed by atoms with Crippen LogP contribution in [0.4, 0.5) is 0 Å². The summed E-state index contributed by atoms with van der Waals surface area (Å²) in [6.07, 6.45) is 6.80. The summed E-state index contributed by atoms with van der Waals surface area (Å²) < 4.78 is 6.04. The van der Waals surface area contributed by atoms with Crippen LogP contribution in [0.3, 0.4) is 0 Å². The molecule has 0 amide bonds. The third-order valence-corrected chi connectivity index (χ3v) is 4.76. The summed E-state index contributed by atoms with van der Waals surface area (Å²) in [5.74, 6) is 1.37. The van der Waals surface area contributed by atoms with Crippen molar-refractivity contribution in [3.8, 4) is 22.8 Å². The fourth-order valence-corrected chi connectivity index (χ4v) is 3.39. The molecule has 2 aromatic heterocycles. The van der Waals surface area contributed by atoms with Crippen LogP contribution in [0.2, 0.25) is 0 Å². The molecule has 0 bridgehead atoms. The van der Waals surface area contributed by atoms with E-state index in [1.165, 1.54) is 0 Å². The number of benzene rings is 1. The number of aryl methyl sites for hydroxylation is 2. The standard InChI is InChI=1S/C21H19N3O2/c1-12-11-16(26-21-18-6-4-5-15(18)9-10-22-21)7-8-17(12)19-13(2)20(25)24-23-14(19)3/h4-5,7-11H,6H2,1-3H3,(H,24,25). The summed E-state index contributed by atoms with van der Waals surface area (Å²) >= 11 is 0. The van der Waals surface area contributed by atoms with E-state index in [0.29, 0.717) is 11.4 Å². The van der Waals surface area contributed by atoms with Crippen LogP contribution in [-0.4, -0.2) is 15.2 Å². The zero-order chi connectivity index (χ0) is 18.3. The van der Waals surface area contributed by atoms with Crippen molar-refractivity contribution in [2.75, 3.05) is 0 Å². The van der Waals surface area contributed by atoms with E-state index in [1.54, 1.807) is 6.20 Å². The topological polar surface area (TPSA) is 67.9 Å². The first-order valence-electron chi connectivity index (χ1n) is 8.54. The molecule has 1 aliphatic rings. The molecule has 26 heavy (non-hydrogen) atoms. The molecular formula is C21H19N3O2. The maximum atomic E-state index is 11.9. The number of ether oxygens (including phenoxy) is 1. The Morgan fingerprint density at radius 2 is 2.00 bits per heavy atom. The Morgan fingerprint density at radius 3 is 2.81 bits per heavy atom. The largest absolute Gasteiger partial charge is 0.439 e. The van der Waals surface area contributed by atoms with Crippen LogP contribution in [0.1, 0.15) is 27.9 Å². The van der Waals surface area contributed by atoms with Crippen molar-refractivity contribution in [2.45, 2.75) is 27.2 Å². The van der Waals surface area contributed by atoms with Gasteiger partial charge in [-0.05, 0) is 62.1 Å². The van der Waals surface area contributed by atoms with E-state index in [4.69, 9.17) is 4.74 Å². The normalized spacial score (nSPS) is 12.3. The smallest absolute Gasteiger partial charge is 0.267 e. The van der Waals surface area contributed by atoms with Crippen molar-refractivity contribution in [2.24, 2.45) is 0 Å². The Hall–Kier alpha value is -3.21. The second kappa shape index (κ2) is 6.26. The number of aromatic amines is 1. The van der Waals surface area contributed by atoms with Crippen molar-refractivity contribution in [1.82, 2.24) is 15.2 Å². The molecular weight excluding hydrogens is 326 g/mol. The van der Waals surface area contributed by atoms with Crippen LogP contribution in [0, 0.1) is 20.8 Å². The molecule has 3 aromatic rings. The zero-order valence-electron chi connectivity index (χ0n) is 15.0. The summed E-state index contributed by atoms with van der Waals surface area (Å²) in [6, 6.07) is 7.85. The van der Waals surface area contributed by atoms with Crippen LogP contribution in [-0.2, 0) is 6.42 Å². The van der Waals surface area contributed by atoms with Gasteiger partial charge >= 0.3 is 0 Å². The third-order valence-electron chi connectivity index (χ3n) is 4.76. The van der Waals surface area contributed by atoms with Crippen molar-refractivity contribution >= 4 is 6.08 Å². The highest BCUT2D eigenvalue weighted by Gasteiger charge is 2.15. The number of hydrogen-bond acceptors (Lipinski definition) is 4. The summed E-state index contributed by atoms with van der Waals surface area (Å²) in [6.45, 7) is 5.72. The van der Waals surface area contributed by atoms with E-state index in [2.05, 4.69) is 27.3 Å². The molecule has 0 fully saturated rings. The number of nitrogens with one attached hydrogen (secondary N) is 1. The quantitative estimate of drug-likeness (QED) is 0.775. The fourth-order valence-electron chi connectivity index (χ4n) is 3.39. The lowest BCUT2D eigenvalue weighted by molar-refractivity contribution is 0.457. The number of rotatable bonds is 3. The van der Waals surface area contributed by atoms with Crippen molar-refractivity contribution in [3.05, 3.63) is 74.8 Å². The Morgan fingerprint density at radius 1 is 1.15 bits per heavy atom. The first-order valence-corrected chi connectivity index (χ1v) is 8.54. The molecule has 0 radical (unpaired) electrons. The minimum Gasteiger partial charge on any atom is -0.439 e. The Balaban J connectivity index is 1.71. The molecule has 130 valence electrons. The van der Waals surface area contributed by atoms with Crippen molar-refractivity contribution in [1.29, 1.82) is 0 Å². The monoisotopic (exact) mass is 345 g/mol. The van der Waals surface area contributed by atoms with Gasteiger partial charge in [-0.25, -0.2) is 10.1 Å². The first kappa shape index (κ1) is 16.3. The average molecular weight is 345 g/mol. The number of allylic oxidation sites excluding steroid dienone is 1. The highest BCUT2D eigenvalue weighted by Crippen LogP contribution is 2.33. The summed E-state index contributed by atoms with van der Waals surface area (Å²) in [7, 11) is 0. The van der Waals surface area contributed by atoms with E-state index in [-0.39, 0.29) is 5.56 Å². The molecule has 4 rings (SSSR count). The number of aromatic nitrogens is 3. The SMILES string of the molecule is Cc1cc(Oc2nccc3c2CC=C3)ccc1-c1c(C)n[nH]c(=O)c1C. The lowest BCUT2D eigenvalue weighted by atomic mass is 9.96. The molecule has 1 aromatic carbocycles. The molecule has 0 unspecified atom stereocenters. The van der Waals surface area contributed by atoms with Gasteiger partial charge in [0.15, 0.2) is 0 Å². The first-order chi connectivity index (χ1) is 12.5. The highest BCUT2D eigenvalue weighted by molar-refractivity contribution is 5.72. The predicted molar refractivity (Wildman–Crippen MR) is 102 cm³/mol. The van der Waals surface area contributed by atoms with Crippen LogP contribution < -0.4 is 10.3 Å². The van der Waals surface area contributed by atoms with Crippen molar-refractivity contribution in [3.63, 3.8) is 0 Å². The van der Waals surface area contributed by atoms with Gasteiger partial charge in [0.2, 0.25) is 5.88 Å². The Kier molecular flexibility index (Phi) is 3.92. The predicted octanol–water partition coefficient (Wildman–Crippen LogP) is 4.12. The van der Waals surface area contributed by atoms with E-state index >= 15 is 0 Å². The minimum absolute atomic E-state index is 0.165. The molecule has 1 aliphatic carbocycles. The van der Waals surface area contributed by atoms with Crippen LogP contribution >= 0.6 is 0 Å². The van der Waals surface area contributed by atoms with Gasteiger partial charge in [0.25, 0.3) is 5.56 Å². The molecule has 0 spiro atoms. The van der Waals surface area contributed by atoms with Gasteiger partial charge in [-0.3, -0.25) is 4.79 Å². The van der Waals surface area contributed by atoms with Gasteiger partial charge in [0.1, 0.15) is 5.75 Å². The van der Waals surface area contributed by atoms with E-state index < -0.39 is 0 Å². The van der Waals surface area contributed by atoms with Gasteiger partial charge in [0.05, 0.1) is 5.69 Å².